The van der Waals surface area contributed by atoms with E-state index in [9.17, 15) is 0 Å². The molecule has 0 aliphatic heterocycles. The summed E-state index contributed by atoms with van der Waals surface area (Å²) in [6.45, 7) is 0. The van der Waals surface area contributed by atoms with Gasteiger partial charge in [0.05, 0.1) is 11.3 Å². The van der Waals surface area contributed by atoms with Crippen LogP contribution in [0.5, 0.6) is 11.5 Å². The van der Waals surface area contributed by atoms with Crippen LogP contribution in [0.25, 0.3) is 10.8 Å². The van der Waals surface area contributed by atoms with Crippen LogP contribution in [-0.4, -0.2) is 0 Å². The maximum Gasteiger partial charge on any atom is 0.129 e. The molecule has 0 radical (unpaired) electrons. The van der Waals surface area contributed by atoms with Gasteiger partial charge in [-0.2, -0.15) is 5.26 Å². The van der Waals surface area contributed by atoms with Gasteiger partial charge in [0, 0.05) is 10.5 Å². The lowest BCUT2D eigenvalue weighted by atomic mass is 10.1. The lowest BCUT2D eigenvalue weighted by Crippen LogP contribution is -1.92. The molecule has 0 heterocycles. The molecular weight excluding hydrogens is 328 g/mol. The van der Waals surface area contributed by atoms with Crippen molar-refractivity contribution >= 4 is 32.4 Å². The minimum atomic E-state index is 0.416. The van der Waals surface area contributed by atoms with Crippen LogP contribution < -0.4 is 10.5 Å². The average Bonchev–Trinajstić information content (AvgIpc) is 2.48. The monoisotopic (exact) mass is 338 g/mol. The van der Waals surface area contributed by atoms with Crippen LogP contribution in [0.1, 0.15) is 5.56 Å². The van der Waals surface area contributed by atoms with Crippen LogP contribution in [0.2, 0.25) is 0 Å². The molecule has 0 aliphatic rings. The normalized spacial score (nSPS) is 10.3. The molecule has 0 unspecified atom stereocenters. The van der Waals surface area contributed by atoms with Gasteiger partial charge in [0.15, 0.2) is 0 Å². The molecule has 0 amide bonds. The number of hydrogen-bond donors (Lipinski definition) is 1. The Morgan fingerprint density at radius 3 is 2.33 bits per heavy atom. The molecule has 0 saturated carbocycles. The first-order chi connectivity index (χ1) is 10.2. The van der Waals surface area contributed by atoms with Gasteiger partial charge < -0.3 is 10.5 Å². The Balaban J connectivity index is 1.93. The summed E-state index contributed by atoms with van der Waals surface area (Å²) in [5.74, 6) is 1.34. The van der Waals surface area contributed by atoms with Crippen LogP contribution in [0.3, 0.4) is 0 Å². The number of hydrogen-bond acceptors (Lipinski definition) is 3. The van der Waals surface area contributed by atoms with Gasteiger partial charge in [-0.05, 0) is 47.2 Å². The van der Waals surface area contributed by atoms with Crippen molar-refractivity contribution in [1.82, 2.24) is 0 Å². The Hall–Kier alpha value is -2.51. The maximum atomic E-state index is 8.87. The number of halogens is 1. The summed E-state index contributed by atoms with van der Waals surface area (Å²) in [5.41, 5.74) is 6.65. The lowest BCUT2D eigenvalue weighted by Gasteiger charge is -2.08. The zero-order chi connectivity index (χ0) is 14.8. The van der Waals surface area contributed by atoms with Gasteiger partial charge in [0.2, 0.25) is 0 Å². The van der Waals surface area contributed by atoms with Gasteiger partial charge in [-0.3, -0.25) is 0 Å². The zero-order valence-corrected chi connectivity index (χ0v) is 12.6. The number of nitrogen functional groups attached to an aromatic ring is 1. The lowest BCUT2D eigenvalue weighted by molar-refractivity contribution is 0.483. The number of anilines is 1. The molecule has 0 aromatic heterocycles. The summed E-state index contributed by atoms with van der Waals surface area (Å²) >= 11 is 3.45. The summed E-state index contributed by atoms with van der Waals surface area (Å²) in [6, 6.07) is 19.0. The third kappa shape index (κ3) is 2.83. The van der Waals surface area contributed by atoms with E-state index in [1.165, 1.54) is 0 Å². The standard InChI is InChI=1S/C17H11BrN2O/c18-14-4-1-12-8-15(5-2-11(12)7-14)21-16-6-3-13(10-19)17(20)9-16/h1-9H,20H2. The van der Waals surface area contributed by atoms with Crippen LogP contribution in [0.15, 0.2) is 59.1 Å². The minimum absolute atomic E-state index is 0.416. The summed E-state index contributed by atoms with van der Waals surface area (Å²) in [7, 11) is 0. The predicted molar refractivity (Wildman–Crippen MR) is 87.3 cm³/mol. The van der Waals surface area contributed by atoms with E-state index in [-0.39, 0.29) is 0 Å². The van der Waals surface area contributed by atoms with Gasteiger partial charge in [-0.1, -0.05) is 28.1 Å². The molecule has 0 bridgehead atoms. The van der Waals surface area contributed by atoms with E-state index in [2.05, 4.69) is 22.0 Å². The van der Waals surface area contributed by atoms with Gasteiger partial charge >= 0.3 is 0 Å². The Morgan fingerprint density at radius 2 is 1.57 bits per heavy atom. The fourth-order valence-corrected chi connectivity index (χ4v) is 2.48. The van der Waals surface area contributed by atoms with Crippen LogP contribution in [-0.2, 0) is 0 Å². The molecule has 2 N–H and O–H groups in total. The van der Waals surface area contributed by atoms with Gasteiger partial charge in [-0.15, -0.1) is 0 Å². The first kappa shape index (κ1) is 13.5. The topological polar surface area (TPSA) is 59.0 Å². The molecule has 21 heavy (non-hydrogen) atoms. The van der Waals surface area contributed by atoms with Crippen LogP contribution >= 0.6 is 15.9 Å². The summed E-state index contributed by atoms with van der Waals surface area (Å²) in [4.78, 5) is 0. The smallest absolute Gasteiger partial charge is 0.129 e. The number of ether oxygens (including phenoxy) is 1. The zero-order valence-electron chi connectivity index (χ0n) is 11.0. The van der Waals surface area contributed by atoms with Crippen molar-refractivity contribution < 1.29 is 4.74 Å². The van der Waals surface area contributed by atoms with Crippen molar-refractivity contribution in [1.29, 1.82) is 5.26 Å². The van der Waals surface area contributed by atoms with E-state index in [0.717, 1.165) is 21.0 Å². The fourth-order valence-electron chi connectivity index (χ4n) is 2.10. The highest BCUT2D eigenvalue weighted by Crippen LogP contribution is 2.29. The molecule has 3 aromatic carbocycles. The quantitative estimate of drug-likeness (QED) is 0.679. The third-order valence-electron chi connectivity index (χ3n) is 3.15. The maximum absolute atomic E-state index is 8.87. The Labute approximate surface area is 130 Å². The van der Waals surface area contributed by atoms with Crippen molar-refractivity contribution in [2.45, 2.75) is 0 Å². The first-order valence-corrected chi connectivity index (χ1v) is 7.12. The van der Waals surface area contributed by atoms with E-state index >= 15 is 0 Å². The number of fused-ring (bicyclic) bond motifs is 1. The van der Waals surface area contributed by atoms with E-state index < -0.39 is 0 Å². The molecule has 3 nitrogen and oxygen atoms in total. The highest BCUT2D eigenvalue weighted by Gasteiger charge is 2.03. The van der Waals surface area contributed by atoms with E-state index in [1.54, 1.807) is 18.2 Å². The second-order valence-electron chi connectivity index (χ2n) is 4.62. The molecule has 0 spiro atoms. The molecule has 0 atom stereocenters. The van der Waals surface area contributed by atoms with E-state index in [1.807, 2.05) is 36.4 Å². The first-order valence-electron chi connectivity index (χ1n) is 6.32. The molecule has 3 rings (SSSR count). The van der Waals surface area contributed by atoms with Crippen LogP contribution in [0, 0.1) is 11.3 Å². The largest absolute Gasteiger partial charge is 0.457 e. The Morgan fingerprint density at radius 1 is 0.905 bits per heavy atom. The average molecular weight is 339 g/mol. The molecular formula is C17H11BrN2O. The SMILES string of the molecule is N#Cc1ccc(Oc2ccc3cc(Br)ccc3c2)cc1N. The van der Waals surface area contributed by atoms with E-state index in [4.69, 9.17) is 15.7 Å². The highest BCUT2D eigenvalue weighted by atomic mass is 79.9. The van der Waals surface area contributed by atoms with E-state index in [0.29, 0.717) is 17.0 Å². The molecule has 0 fully saturated rings. The number of rotatable bonds is 2. The number of nitrogens with zero attached hydrogens (tertiary/aromatic N) is 1. The van der Waals surface area contributed by atoms with Crippen molar-refractivity contribution in [2.75, 3.05) is 5.73 Å². The Kier molecular flexibility index (Phi) is 3.51. The third-order valence-corrected chi connectivity index (χ3v) is 3.65. The number of nitriles is 1. The molecule has 0 saturated heterocycles. The summed E-state index contributed by atoms with van der Waals surface area (Å²) < 4.78 is 6.84. The summed E-state index contributed by atoms with van der Waals surface area (Å²) in [6.07, 6.45) is 0. The van der Waals surface area contributed by atoms with Crippen LogP contribution in [0.4, 0.5) is 5.69 Å². The molecule has 3 aromatic rings. The fraction of sp³-hybridized carbons (Fsp3) is 0. The Bertz CT molecular complexity index is 868. The predicted octanol–water partition coefficient (Wildman–Crippen LogP) is 4.85. The molecule has 4 heteroatoms. The molecule has 102 valence electrons. The van der Waals surface area contributed by atoms with Crippen molar-refractivity contribution in [3.63, 3.8) is 0 Å². The second-order valence-corrected chi connectivity index (χ2v) is 5.53. The second kappa shape index (κ2) is 5.47. The minimum Gasteiger partial charge on any atom is -0.457 e. The van der Waals surface area contributed by atoms with Gasteiger partial charge in [0.25, 0.3) is 0 Å². The number of nitrogens with two attached hydrogens (primary N) is 1. The molecule has 0 aliphatic carbocycles. The van der Waals surface area contributed by atoms with Crippen molar-refractivity contribution in [2.24, 2.45) is 0 Å². The van der Waals surface area contributed by atoms with Crippen molar-refractivity contribution in [3.8, 4) is 17.6 Å². The van der Waals surface area contributed by atoms with Crippen molar-refractivity contribution in [3.05, 3.63) is 64.6 Å². The van der Waals surface area contributed by atoms with Gasteiger partial charge in [-0.25, -0.2) is 0 Å². The summed E-state index contributed by atoms with van der Waals surface area (Å²) in [5, 5.41) is 11.1. The van der Waals surface area contributed by atoms with Gasteiger partial charge in [0.1, 0.15) is 17.6 Å². The highest BCUT2D eigenvalue weighted by molar-refractivity contribution is 9.10. The number of benzene rings is 3.